The Labute approximate surface area is 165 Å². The molecule has 0 aliphatic carbocycles. The van der Waals surface area contributed by atoms with E-state index in [9.17, 15) is 14.4 Å². The first-order valence-electron chi connectivity index (χ1n) is 8.65. The van der Waals surface area contributed by atoms with Gasteiger partial charge in [-0.2, -0.15) is 5.10 Å². The van der Waals surface area contributed by atoms with Crippen LogP contribution in [0.1, 0.15) is 17.4 Å². The van der Waals surface area contributed by atoms with Gasteiger partial charge < -0.3 is 10.1 Å². The van der Waals surface area contributed by atoms with E-state index in [-0.39, 0.29) is 11.3 Å². The molecule has 1 N–H and O–H groups in total. The molecule has 0 radical (unpaired) electrons. The van der Waals surface area contributed by atoms with E-state index in [2.05, 4.69) is 10.4 Å². The molecule has 0 aliphatic rings. The lowest BCUT2D eigenvalue weighted by atomic mass is 10.1. The van der Waals surface area contributed by atoms with Gasteiger partial charge in [-0.3, -0.25) is 9.59 Å². The van der Waals surface area contributed by atoms with E-state index >= 15 is 0 Å². The number of amides is 1. The summed E-state index contributed by atoms with van der Waals surface area (Å²) in [6.07, 6.45) is 1.91. The quantitative estimate of drug-likeness (QED) is 0.508. The van der Waals surface area contributed by atoms with Crippen LogP contribution in [0.15, 0.2) is 58.2 Å². The van der Waals surface area contributed by atoms with Crippen molar-refractivity contribution in [3.63, 3.8) is 0 Å². The highest BCUT2D eigenvalue weighted by atomic mass is 32.2. The first kappa shape index (κ1) is 19.6. The number of benzene rings is 2. The summed E-state index contributed by atoms with van der Waals surface area (Å²) in [4.78, 5) is 38.0. The van der Waals surface area contributed by atoms with Gasteiger partial charge in [-0.15, -0.1) is 11.8 Å². The molecule has 8 heteroatoms. The van der Waals surface area contributed by atoms with Gasteiger partial charge in [-0.1, -0.05) is 30.3 Å². The van der Waals surface area contributed by atoms with E-state index < -0.39 is 18.5 Å². The van der Waals surface area contributed by atoms with Crippen molar-refractivity contribution < 1.29 is 14.3 Å². The molecule has 1 heterocycles. The van der Waals surface area contributed by atoms with Crippen molar-refractivity contribution in [3.8, 4) is 0 Å². The molecule has 0 saturated heterocycles. The van der Waals surface area contributed by atoms with Crippen molar-refractivity contribution in [1.82, 2.24) is 9.78 Å². The average molecular weight is 397 g/mol. The van der Waals surface area contributed by atoms with Crippen molar-refractivity contribution in [2.45, 2.75) is 18.4 Å². The van der Waals surface area contributed by atoms with Gasteiger partial charge >= 0.3 is 5.97 Å². The van der Waals surface area contributed by atoms with Gasteiger partial charge in [0.2, 0.25) is 0 Å². The number of hydrogen-bond donors (Lipinski definition) is 1. The lowest BCUT2D eigenvalue weighted by molar-refractivity contribution is -0.119. The summed E-state index contributed by atoms with van der Waals surface area (Å²) >= 11 is 1.50. The zero-order chi connectivity index (χ0) is 20.1. The molecule has 0 saturated carbocycles. The van der Waals surface area contributed by atoms with E-state index in [4.69, 9.17) is 4.74 Å². The van der Waals surface area contributed by atoms with Gasteiger partial charge in [0.25, 0.3) is 11.5 Å². The molecule has 3 rings (SSSR count). The van der Waals surface area contributed by atoms with Crippen LogP contribution in [0.5, 0.6) is 0 Å². The Kier molecular flexibility index (Phi) is 6.10. The summed E-state index contributed by atoms with van der Waals surface area (Å²) in [7, 11) is 0. The van der Waals surface area contributed by atoms with Gasteiger partial charge in [-0.05, 0) is 31.4 Å². The average Bonchev–Trinajstić information content (AvgIpc) is 2.73. The standard InChI is InChI=1S/C20H19N3O4S/c1-3-23-19(25)14-9-5-4-8-13(14)18(22-23)20(26)27-12-17(24)21-15-10-6-7-11-16(15)28-2/h4-11H,3,12H2,1-2H3,(H,21,24). The van der Waals surface area contributed by atoms with E-state index in [1.807, 2.05) is 24.5 Å². The van der Waals surface area contributed by atoms with Gasteiger partial charge in [0, 0.05) is 16.8 Å². The molecular formula is C20H19N3O4S. The van der Waals surface area contributed by atoms with Crippen LogP contribution in [0, 0.1) is 0 Å². The molecule has 0 atom stereocenters. The number of esters is 1. The predicted molar refractivity (Wildman–Crippen MR) is 109 cm³/mol. The lowest BCUT2D eigenvalue weighted by Crippen LogP contribution is -2.27. The first-order chi connectivity index (χ1) is 13.5. The molecule has 0 spiro atoms. The number of nitrogens with zero attached hydrogens (tertiary/aromatic N) is 2. The maximum Gasteiger partial charge on any atom is 0.359 e. The Morgan fingerprint density at radius 1 is 1.11 bits per heavy atom. The summed E-state index contributed by atoms with van der Waals surface area (Å²) in [6, 6.07) is 14.0. The fourth-order valence-electron chi connectivity index (χ4n) is 2.73. The first-order valence-corrected chi connectivity index (χ1v) is 9.87. The van der Waals surface area contributed by atoms with E-state index in [1.54, 1.807) is 37.3 Å². The number of aromatic nitrogens is 2. The molecule has 1 amide bonds. The Morgan fingerprint density at radius 3 is 2.50 bits per heavy atom. The van der Waals surface area contributed by atoms with Crippen LogP contribution >= 0.6 is 11.8 Å². The Bertz CT molecular complexity index is 1090. The molecule has 7 nitrogen and oxygen atoms in total. The molecule has 0 fully saturated rings. The van der Waals surface area contributed by atoms with Crippen LogP contribution in [0.3, 0.4) is 0 Å². The fourth-order valence-corrected chi connectivity index (χ4v) is 3.29. The van der Waals surface area contributed by atoms with Crippen molar-refractivity contribution in [2.75, 3.05) is 18.2 Å². The summed E-state index contributed by atoms with van der Waals surface area (Å²) < 4.78 is 6.35. The van der Waals surface area contributed by atoms with Crippen molar-refractivity contribution in [2.24, 2.45) is 0 Å². The van der Waals surface area contributed by atoms with Gasteiger partial charge in [-0.25, -0.2) is 9.48 Å². The number of carbonyl (C=O) groups is 2. The molecule has 0 unspecified atom stereocenters. The summed E-state index contributed by atoms with van der Waals surface area (Å²) in [6.45, 7) is 1.62. The van der Waals surface area contributed by atoms with E-state index in [1.165, 1.54) is 16.4 Å². The smallest absolute Gasteiger partial charge is 0.359 e. The highest BCUT2D eigenvalue weighted by molar-refractivity contribution is 7.98. The molecule has 3 aromatic rings. The number of fused-ring (bicyclic) bond motifs is 1. The molecule has 28 heavy (non-hydrogen) atoms. The SMILES string of the molecule is CCn1nc(C(=O)OCC(=O)Nc2ccccc2SC)c2ccccc2c1=O. The minimum absolute atomic E-state index is 0.00867. The number of rotatable bonds is 6. The van der Waals surface area contributed by atoms with Gasteiger partial charge in [0.15, 0.2) is 12.3 Å². The van der Waals surface area contributed by atoms with Gasteiger partial charge in [0.05, 0.1) is 11.1 Å². The Balaban J connectivity index is 1.77. The zero-order valence-electron chi connectivity index (χ0n) is 15.5. The highest BCUT2D eigenvalue weighted by Gasteiger charge is 2.19. The lowest BCUT2D eigenvalue weighted by Gasteiger charge is -2.11. The third kappa shape index (κ3) is 4.07. The summed E-state index contributed by atoms with van der Waals surface area (Å²) in [5.74, 6) is -1.21. The molecular weight excluding hydrogens is 378 g/mol. The number of thioether (sulfide) groups is 1. The molecule has 1 aromatic heterocycles. The van der Waals surface area contributed by atoms with Crippen LogP contribution in [-0.4, -0.2) is 34.5 Å². The molecule has 0 aliphatic heterocycles. The van der Waals surface area contributed by atoms with Crippen molar-refractivity contribution in [1.29, 1.82) is 0 Å². The maximum absolute atomic E-state index is 12.5. The third-order valence-corrected chi connectivity index (χ3v) is 4.87. The van der Waals surface area contributed by atoms with Crippen molar-refractivity contribution in [3.05, 3.63) is 64.6 Å². The van der Waals surface area contributed by atoms with E-state index in [0.717, 1.165) is 4.90 Å². The second-order valence-electron chi connectivity index (χ2n) is 5.84. The van der Waals surface area contributed by atoms with Crippen molar-refractivity contribution >= 4 is 40.1 Å². The van der Waals surface area contributed by atoms with Gasteiger partial charge in [0.1, 0.15) is 0 Å². The minimum atomic E-state index is -0.758. The molecule has 144 valence electrons. The molecule has 0 bridgehead atoms. The Hall–Kier alpha value is -3.13. The number of aryl methyl sites for hydroxylation is 1. The maximum atomic E-state index is 12.5. The second-order valence-corrected chi connectivity index (χ2v) is 6.69. The number of para-hydroxylation sites is 1. The summed E-state index contributed by atoms with van der Waals surface area (Å²) in [5, 5.41) is 7.61. The number of carbonyl (C=O) groups excluding carboxylic acids is 2. The number of anilines is 1. The zero-order valence-corrected chi connectivity index (χ0v) is 16.3. The highest BCUT2D eigenvalue weighted by Crippen LogP contribution is 2.24. The van der Waals surface area contributed by atoms with Crippen LogP contribution in [0.25, 0.3) is 10.8 Å². The second kappa shape index (κ2) is 8.71. The number of nitrogens with one attached hydrogen (secondary N) is 1. The van der Waals surface area contributed by atoms with Crippen LogP contribution in [0.2, 0.25) is 0 Å². The van der Waals surface area contributed by atoms with Crippen LogP contribution in [0.4, 0.5) is 5.69 Å². The molecule has 2 aromatic carbocycles. The fraction of sp³-hybridized carbons (Fsp3) is 0.200. The van der Waals surface area contributed by atoms with Crippen LogP contribution in [-0.2, 0) is 16.1 Å². The van der Waals surface area contributed by atoms with E-state index in [0.29, 0.717) is 23.0 Å². The minimum Gasteiger partial charge on any atom is -0.451 e. The normalized spacial score (nSPS) is 10.6. The number of ether oxygens (including phenoxy) is 1. The monoisotopic (exact) mass is 397 g/mol. The predicted octanol–water partition coefficient (Wildman–Crippen LogP) is 2.93. The summed E-state index contributed by atoms with van der Waals surface area (Å²) in [5.41, 5.74) is 0.384. The number of hydrogen-bond acceptors (Lipinski definition) is 6. The third-order valence-electron chi connectivity index (χ3n) is 4.08. The Morgan fingerprint density at radius 2 is 1.79 bits per heavy atom. The largest absolute Gasteiger partial charge is 0.451 e. The topological polar surface area (TPSA) is 90.3 Å². The van der Waals surface area contributed by atoms with Crippen LogP contribution < -0.4 is 10.9 Å².